The van der Waals surface area contributed by atoms with Crippen LogP contribution < -0.4 is 24.8 Å². The average Bonchev–Trinajstić information content (AvgIpc) is 3.31. The number of thiophene rings is 1. The van der Waals surface area contributed by atoms with Crippen molar-refractivity contribution < 1.29 is 23.8 Å². The highest BCUT2D eigenvalue weighted by atomic mass is 32.1. The maximum atomic E-state index is 12.6. The van der Waals surface area contributed by atoms with Crippen LogP contribution in [0.4, 0.5) is 10.7 Å². The van der Waals surface area contributed by atoms with E-state index in [0.717, 1.165) is 16.3 Å². The first-order valence-corrected chi connectivity index (χ1v) is 10.5. The molecule has 0 aliphatic heterocycles. The lowest BCUT2D eigenvalue weighted by Gasteiger charge is -2.14. The molecule has 1 aromatic heterocycles. The van der Waals surface area contributed by atoms with E-state index in [1.807, 2.05) is 41.8 Å². The SMILES string of the molecule is COc1cc(C(=O)NCc2ccc(N/C=N/c3cccs3)cc2)cc(OC)c1OC(C)=O. The van der Waals surface area contributed by atoms with Crippen LogP contribution in [0.2, 0.25) is 0 Å². The molecule has 0 bridgehead atoms. The number of aliphatic imine (C=N–C) groups is 1. The van der Waals surface area contributed by atoms with Gasteiger partial charge in [0.05, 0.1) is 20.6 Å². The van der Waals surface area contributed by atoms with Gasteiger partial charge in [0.15, 0.2) is 11.5 Å². The average molecular weight is 454 g/mol. The van der Waals surface area contributed by atoms with Crippen LogP contribution in [0.5, 0.6) is 17.2 Å². The van der Waals surface area contributed by atoms with Crippen molar-refractivity contribution in [2.24, 2.45) is 4.99 Å². The summed E-state index contributed by atoms with van der Waals surface area (Å²) in [5.41, 5.74) is 2.13. The molecule has 0 fully saturated rings. The van der Waals surface area contributed by atoms with E-state index in [-0.39, 0.29) is 23.2 Å². The van der Waals surface area contributed by atoms with Gasteiger partial charge in [-0.05, 0) is 47.3 Å². The summed E-state index contributed by atoms with van der Waals surface area (Å²) in [6.07, 6.45) is 1.64. The monoisotopic (exact) mass is 453 g/mol. The Hall–Kier alpha value is -3.85. The number of carbonyl (C=O) groups is 2. The van der Waals surface area contributed by atoms with Crippen molar-refractivity contribution in [3.8, 4) is 17.2 Å². The number of amides is 1. The van der Waals surface area contributed by atoms with E-state index in [4.69, 9.17) is 14.2 Å². The second-order valence-electron chi connectivity index (χ2n) is 6.54. The fourth-order valence-corrected chi connectivity index (χ4v) is 3.34. The molecule has 9 heteroatoms. The van der Waals surface area contributed by atoms with Crippen LogP contribution in [0.3, 0.4) is 0 Å². The molecule has 2 aromatic carbocycles. The summed E-state index contributed by atoms with van der Waals surface area (Å²) in [5, 5.41) is 8.86. The number of nitrogens with one attached hydrogen (secondary N) is 2. The molecule has 0 radical (unpaired) electrons. The van der Waals surface area contributed by atoms with E-state index in [1.165, 1.54) is 33.3 Å². The molecule has 1 heterocycles. The highest BCUT2D eigenvalue weighted by Gasteiger charge is 2.19. The normalized spacial score (nSPS) is 10.6. The molecule has 2 N–H and O–H groups in total. The summed E-state index contributed by atoms with van der Waals surface area (Å²) < 4.78 is 15.7. The zero-order valence-electron chi connectivity index (χ0n) is 17.9. The molecule has 0 saturated heterocycles. The minimum absolute atomic E-state index is 0.129. The number of rotatable bonds is 9. The highest BCUT2D eigenvalue weighted by Crippen LogP contribution is 2.38. The van der Waals surface area contributed by atoms with E-state index in [0.29, 0.717) is 12.1 Å². The molecule has 0 atom stereocenters. The van der Waals surface area contributed by atoms with Crippen molar-refractivity contribution in [2.45, 2.75) is 13.5 Å². The summed E-state index contributed by atoms with van der Waals surface area (Å²) >= 11 is 1.56. The van der Waals surface area contributed by atoms with Crippen molar-refractivity contribution in [2.75, 3.05) is 19.5 Å². The third kappa shape index (κ3) is 6.08. The van der Waals surface area contributed by atoms with E-state index >= 15 is 0 Å². The Morgan fingerprint density at radius 2 is 1.75 bits per heavy atom. The molecule has 0 unspecified atom stereocenters. The highest BCUT2D eigenvalue weighted by molar-refractivity contribution is 7.13. The first-order chi connectivity index (χ1) is 15.5. The Bertz CT molecular complexity index is 1070. The maximum absolute atomic E-state index is 12.6. The minimum Gasteiger partial charge on any atom is -0.493 e. The van der Waals surface area contributed by atoms with Crippen molar-refractivity contribution >= 4 is 40.2 Å². The van der Waals surface area contributed by atoms with Crippen molar-refractivity contribution in [3.63, 3.8) is 0 Å². The predicted molar refractivity (Wildman–Crippen MR) is 125 cm³/mol. The van der Waals surface area contributed by atoms with Crippen molar-refractivity contribution in [3.05, 3.63) is 65.0 Å². The Balaban J connectivity index is 1.61. The predicted octanol–water partition coefficient (Wildman–Crippen LogP) is 4.39. The topological polar surface area (TPSA) is 98.2 Å². The smallest absolute Gasteiger partial charge is 0.308 e. The van der Waals surface area contributed by atoms with Gasteiger partial charge in [-0.15, -0.1) is 11.3 Å². The van der Waals surface area contributed by atoms with Crippen LogP contribution in [-0.4, -0.2) is 32.4 Å². The lowest BCUT2D eigenvalue weighted by Crippen LogP contribution is -2.23. The summed E-state index contributed by atoms with van der Waals surface area (Å²) in [7, 11) is 2.84. The molecule has 8 nitrogen and oxygen atoms in total. The van der Waals surface area contributed by atoms with Gasteiger partial charge in [0.1, 0.15) is 5.00 Å². The molecule has 0 aliphatic carbocycles. The van der Waals surface area contributed by atoms with Gasteiger partial charge < -0.3 is 24.8 Å². The molecule has 0 aliphatic rings. The number of hydrogen-bond acceptors (Lipinski definition) is 7. The van der Waals surface area contributed by atoms with E-state index in [9.17, 15) is 9.59 Å². The number of anilines is 1. The first-order valence-electron chi connectivity index (χ1n) is 9.64. The van der Waals surface area contributed by atoms with Crippen LogP contribution in [-0.2, 0) is 11.3 Å². The maximum Gasteiger partial charge on any atom is 0.308 e. The van der Waals surface area contributed by atoms with Gasteiger partial charge in [-0.1, -0.05) is 12.1 Å². The second-order valence-corrected chi connectivity index (χ2v) is 7.46. The molecule has 3 rings (SSSR count). The fraction of sp³-hybridized carbons (Fsp3) is 0.174. The van der Waals surface area contributed by atoms with Crippen LogP contribution in [0.1, 0.15) is 22.8 Å². The fourth-order valence-electron chi connectivity index (χ4n) is 2.77. The summed E-state index contributed by atoms with van der Waals surface area (Å²) in [4.78, 5) is 28.3. The first kappa shape index (κ1) is 22.8. The number of esters is 1. The number of hydrogen-bond donors (Lipinski definition) is 2. The third-order valence-electron chi connectivity index (χ3n) is 4.30. The summed E-state index contributed by atoms with van der Waals surface area (Å²) in [6, 6.07) is 14.5. The second kappa shape index (κ2) is 11.0. The summed E-state index contributed by atoms with van der Waals surface area (Å²) in [5.74, 6) is -0.255. The van der Waals surface area contributed by atoms with Gasteiger partial charge in [-0.3, -0.25) is 9.59 Å². The van der Waals surface area contributed by atoms with Gasteiger partial charge >= 0.3 is 5.97 Å². The molecule has 166 valence electrons. The lowest BCUT2D eigenvalue weighted by atomic mass is 10.1. The molecule has 32 heavy (non-hydrogen) atoms. The van der Waals surface area contributed by atoms with E-state index in [1.54, 1.807) is 17.7 Å². The number of methoxy groups -OCH3 is 2. The largest absolute Gasteiger partial charge is 0.493 e. The van der Waals surface area contributed by atoms with Gasteiger partial charge in [-0.25, -0.2) is 4.99 Å². The molecule has 0 spiro atoms. The Morgan fingerprint density at radius 1 is 1.06 bits per heavy atom. The van der Waals surface area contributed by atoms with Gasteiger partial charge in [0.25, 0.3) is 5.91 Å². The third-order valence-corrected chi connectivity index (χ3v) is 5.08. The molecular weight excluding hydrogens is 430 g/mol. The quantitative estimate of drug-likeness (QED) is 0.216. The van der Waals surface area contributed by atoms with Crippen molar-refractivity contribution in [1.29, 1.82) is 0 Å². The Morgan fingerprint density at radius 3 is 2.31 bits per heavy atom. The molecule has 0 saturated carbocycles. The number of nitrogens with zero attached hydrogens (tertiary/aromatic N) is 1. The van der Waals surface area contributed by atoms with Crippen molar-refractivity contribution in [1.82, 2.24) is 5.32 Å². The summed E-state index contributed by atoms with van der Waals surface area (Å²) in [6.45, 7) is 1.61. The lowest BCUT2D eigenvalue weighted by molar-refractivity contribution is -0.132. The Kier molecular flexibility index (Phi) is 7.82. The van der Waals surface area contributed by atoms with Gasteiger partial charge in [0, 0.05) is 24.7 Å². The minimum atomic E-state index is -0.519. The standard InChI is InChI=1S/C23H23N3O5S/c1-15(27)31-22-19(29-2)11-17(12-20(22)30-3)23(28)24-13-16-6-8-18(9-7-16)25-14-26-21-5-4-10-32-21/h4-12,14H,13H2,1-3H3,(H,24,28)(H,25,26). The van der Waals surface area contributed by atoms with Gasteiger partial charge in [0.2, 0.25) is 5.75 Å². The zero-order chi connectivity index (χ0) is 22.9. The van der Waals surface area contributed by atoms with Crippen LogP contribution in [0, 0.1) is 0 Å². The molecule has 3 aromatic rings. The number of ether oxygens (including phenoxy) is 3. The van der Waals surface area contributed by atoms with E-state index in [2.05, 4.69) is 15.6 Å². The number of benzene rings is 2. The Labute approximate surface area is 189 Å². The van der Waals surface area contributed by atoms with Crippen LogP contribution >= 0.6 is 11.3 Å². The molecular formula is C23H23N3O5S. The van der Waals surface area contributed by atoms with Crippen LogP contribution in [0.25, 0.3) is 0 Å². The van der Waals surface area contributed by atoms with Gasteiger partial charge in [-0.2, -0.15) is 0 Å². The van der Waals surface area contributed by atoms with E-state index < -0.39 is 5.97 Å². The molecule has 1 amide bonds. The zero-order valence-corrected chi connectivity index (χ0v) is 18.7. The van der Waals surface area contributed by atoms with Crippen LogP contribution in [0.15, 0.2) is 58.9 Å². The number of carbonyl (C=O) groups excluding carboxylic acids is 2.